The van der Waals surface area contributed by atoms with Gasteiger partial charge in [0.2, 0.25) is 0 Å². The van der Waals surface area contributed by atoms with E-state index in [0.29, 0.717) is 0 Å². The van der Waals surface area contributed by atoms with Gasteiger partial charge >= 0.3 is 0 Å². The molecule has 2 nitrogen and oxygen atoms in total. The molecular weight excluding hydrogens is 208 g/mol. The third-order valence-corrected chi connectivity index (χ3v) is 3.37. The van der Waals surface area contributed by atoms with E-state index in [2.05, 4.69) is 34.6 Å². The Balaban J connectivity index is 1.66. The fourth-order valence-electron chi connectivity index (χ4n) is 2.35. The maximum absolute atomic E-state index is 3.31. The molecule has 0 aromatic heterocycles. The molecule has 2 rings (SSSR count). The summed E-state index contributed by atoms with van der Waals surface area (Å²) in [6, 6.07) is 0. The highest BCUT2D eigenvalue weighted by atomic mass is 14.7. The Morgan fingerprint density at radius 1 is 0.882 bits per heavy atom. The lowest BCUT2D eigenvalue weighted by atomic mass is 10.0. The quantitative estimate of drug-likeness (QED) is 0.634. The van der Waals surface area contributed by atoms with Crippen LogP contribution in [-0.4, -0.2) is 25.5 Å². The van der Waals surface area contributed by atoms with Crippen LogP contribution in [0.15, 0.2) is 23.3 Å². The number of unbranched alkanes of at least 4 members (excludes halogenated alkanes) is 2. The van der Waals surface area contributed by atoms with Gasteiger partial charge in [0.15, 0.2) is 12.4 Å². The Labute approximate surface area is 104 Å². The zero-order valence-corrected chi connectivity index (χ0v) is 10.7. The summed E-state index contributed by atoms with van der Waals surface area (Å²) in [5.74, 6) is 0. The molecular formula is C15H24N2+2. The lowest BCUT2D eigenvalue weighted by Gasteiger charge is -2.03. The zero-order valence-electron chi connectivity index (χ0n) is 10.7. The van der Waals surface area contributed by atoms with Crippen molar-refractivity contribution in [3.8, 4) is 0 Å². The average Bonchev–Trinajstić information content (AvgIpc) is 2.41. The third-order valence-electron chi connectivity index (χ3n) is 3.37. The van der Waals surface area contributed by atoms with E-state index < -0.39 is 0 Å². The molecule has 0 saturated carbocycles. The van der Waals surface area contributed by atoms with E-state index in [-0.39, 0.29) is 0 Å². The highest BCUT2D eigenvalue weighted by Crippen LogP contribution is 2.09. The van der Waals surface area contributed by atoms with Gasteiger partial charge in [0, 0.05) is 24.0 Å². The lowest BCUT2D eigenvalue weighted by Crippen LogP contribution is -2.70. The van der Waals surface area contributed by atoms with E-state index >= 15 is 0 Å². The van der Waals surface area contributed by atoms with Crippen molar-refractivity contribution < 1.29 is 9.98 Å². The molecule has 0 saturated heterocycles. The fraction of sp³-hybridized carbons (Fsp3) is 0.600. The van der Waals surface area contributed by atoms with Gasteiger partial charge in [-0.1, -0.05) is 12.2 Å². The van der Waals surface area contributed by atoms with Gasteiger partial charge < -0.3 is 0 Å². The van der Waals surface area contributed by atoms with Gasteiger partial charge in [-0.25, -0.2) is 9.98 Å². The van der Waals surface area contributed by atoms with Crippen LogP contribution in [-0.2, 0) is 0 Å². The van der Waals surface area contributed by atoms with Crippen molar-refractivity contribution in [3.63, 3.8) is 0 Å². The second-order valence-corrected chi connectivity index (χ2v) is 4.89. The van der Waals surface area contributed by atoms with Crippen LogP contribution in [0.2, 0.25) is 0 Å². The Kier molecular flexibility index (Phi) is 5.21. The first-order valence-corrected chi connectivity index (χ1v) is 6.96. The molecule has 0 unspecified atom stereocenters. The molecule has 0 aromatic rings. The summed E-state index contributed by atoms with van der Waals surface area (Å²) in [4.78, 5) is 6.62. The first kappa shape index (κ1) is 12.3. The van der Waals surface area contributed by atoms with Crippen LogP contribution < -0.4 is 9.98 Å². The molecule has 2 heteroatoms. The van der Waals surface area contributed by atoms with E-state index in [1.165, 1.54) is 56.1 Å². The van der Waals surface area contributed by atoms with Gasteiger partial charge in [0.25, 0.3) is 0 Å². The van der Waals surface area contributed by atoms with Crippen LogP contribution >= 0.6 is 0 Å². The highest BCUT2D eigenvalue weighted by Gasteiger charge is 2.04. The van der Waals surface area contributed by atoms with Crippen molar-refractivity contribution in [2.45, 2.75) is 44.9 Å². The predicted molar refractivity (Wildman–Crippen MR) is 72.3 cm³/mol. The van der Waals surface area contributed by atoms with Crippen molar-refractivity contribution in [3.05, 3.63) is 23.3 Å². The molecule has 0 aromatic carbocycles. The monoisotopic (exact) mass is 232 g/mol. The smallest absolute Gasteiger partial charge is 0.164 e. The number of hydrogen-bond donors (Lipinski definition) is 2. The van der Waals surface area contributed by atoms with E-state index in [4.69, 9.17) is 0 Å². The van der Waals surface area contributed by atoms with Crippen LogP contribution in [0.1, 0.15) is 44.9 Å². The maximum atomic E-state index is 3.31. The summed E-state index contributed by atoms with van der Waals surface area (Å²) in [7, 11) is 0. The van der Waals surface area contributed by atoms with Crippen molar-refractivity contribution >= 4 is 12.4 Å². The summed E-state index contributed by atoms with van der Waals surface area (Å²) in [5, 5.41) is 0. The SMILES string of the molecule is C1=[NH+]CCC/C1=C\CCC/C=C1/C=[NH+]CCC1. The second-order valence-electron chi connectivity index (χ2n) is 4.89. The van der Waals surface area contributed by atoms with E-state index in [1.807, 2.05) is 0 Å². The van der Waals surface area contributed by atoms with Crippen molar-refractivity contribution in [1.29, 1.82) is 0 Å². The molecule has 17 heavy (non-hydrogen) atoms. The van der Waals surface area contributed by atoms with Crippen molar-refractivity contribution in [1.82, 2.24) is 0 Å². The van der Waals surface area contributed by atoms with E-state index in [9.17, 15) is 0 Å². The van der Waals surface area contributed by atoms with Crippen LogP contribution in [0.25, 0.3) is 0 Å². The molecule has 92 valence electrons. The second kappa shape index (κ2) is 7.21. The summed E-state index contributed by atoms with van der Waals surface area (Å²) in [5.41, 5.74) is 2.99. The minimum Gasteiger partial charge on any atom is -0.248 e. The van der Waals surface area contributed by atoms with Crippen LogP contribution in [0.5, 0.6) is 0 Å². The van der Waals surface area contributed by atoms with Gasteiger partial charge in [-0.3, -0.25) is 0 Å². The Morgan fingerprint density at radius 2 is 1.41 bits per heavy atom. The van der Waals surface area contributed by atoms with Gasteiger partial charge in [0.05, 0.1) is 0 Å². The normalized spacial score (nSPS) is 24.7. The summed E-state index contributed by atoms with van der Waals surface area (Å²) in [6.45, 7) is 2.29. The standard InChI is InChI=1S/C15H22N2/c1(2-6-14-8-4-10-16-12-14)3-7-15-9-5-11-17-13-15/h6-7,12-13H,1-5,8-11H2/p+2/b14-6+,15-7+. The Morgan fingerprint density at radius 3 is 1.82 bits per heavy atom. The number of rotatable bonds is 4. The number of allylic oxidation sites excluding steroid dienone is 4. The van der Waals surface area contributed by atoms with E-state index in [0.717, 1.165) is 13.1 Å². The van der Waals surface area contributed by atoms with Crippen molar-refractivity contribution in [2.24, 2.45) is 0 Å². The predicted octanol–water partition coefficient (Wildman–Crippen LogP) is -0.100. The molecule has 0 bridgehead atoms. The molecule has 0 atom stereocenters. The molecule has 0 spiro atoms. The van der Waals surface area contributed by atoms with Crippen LogP contribution in [0, 0.1) is 0 Å². The Hall–Kier alpha value is -1.18. The van der Waals surface area contributed by atoms with E-state index in [1.54, 1.807) is 0 Å². The maximum Gasteiger partial charge on any atom is 0.164 e. The highest BCUT2D eigenvalue weighted by molar-refractivity contribution is 5.74. The van der Waals surface area contributed by atoms with Crippen molar-refractivity contribution in [2.75, 3.05) is 13.1 Å². The topological polar surface area (TPSA) is 27.9 Å². The lowest BCUT2D eigenvalue weighted by molar-refractivity contribution is -0.455. The zero-order chi connectivity index (χ0) is 11.8. The molecule has 2 heterocycles. The number of nitrogens with one attached hydrogen (secondary N) is 2. The average molecular weight is 232 g/mol. The summed E-state index contributed by atoms with van der Waals surface area (Å²) >= 11 is 0. The molecule has 2 N–H and O–H groups in total. The largest absolute Gasteiger partial charge is 0.248 e. The molecule has 0 amide bonds. The summed E-state index contributed by atoms with van der Waals surface area (Å²) in [6.07, 6.45) is 17.9. The minimum atomic E-state index is 1.15. The molecule has 2 aliphatic heterocycles. The van der Waals surface area contributed by atoms with Gasteiger partial charge in [-0.15, -0.1) is 0 Å². The minimum absolute atomic E-state index is 1.15. The Bertz CT molecular complexity index is 314. The molecule has 0 radical (unpaired) electrons. The first-order valence-electron chi connectivity index (χ1n) is 6.96. The van der Waals surface area contributed by atoms with Gasteiger partial charge in [-0.05, 0) is 32.1 Å². The van der Waals surface area contributed by atoms with Gasteiger partial charge in [-0.2, -0.15) is 0 Å². The molecule has 2 aliphatic rings. The third kappa shape index (κ3) is 4.68. The van der Waals surface area contributed by atoms with Crippen LogP contribution in [0.3, 0.4) is 0 Å². The summed E-state index contributed by atoms with van der Waals surface area (Å²) < 4.78 is 0. The number of hydrogen-bond acceptors (Lipinski definition) is 0. The fourth-order valence-corrected chi connectivity index (χ4v) is 2.35. The van der Waals surface area contributed by atoms with Crippen LogP contribution in [0.4, 0.5) is 0 Å². The molecule has 0 fully saturated rings. The first-order chi connectivity index (χ1) is 8.45. The molecule has 0 aliphatic carbocycles. The van der Waals surface area contributed by atoms with Gasteiger partial charge in [0.1, 0.15) is 13.1 Å².